The first-order valence-electron chi connectivity index (χ1n) is 11.5. The number of ether oxygens (including phenoxy) is 1. The minimum Gasteiger partial charge on any atom is -0.378 e. The summed E-state index contributed by atoms with van der Waals surface area (Å²) in [6, 6.07) is 12.0. The predicted octanol–water partition coefficient (Wildman–Crippen LogP) is 6.00. The number of nitrogens with zero attached hydrogens (tertiary/aromatic N) is 4. The highest BCUT2D eigenvalue weighted by Crippen LogP contribution is 2.41. The third-order valence-electron chi connectivity index (χ3n) is 6.41. The van der Waals surface area contributed by atoms with E-state index in [1.54, 1.807) is 25.1 Å². The number of alkyl halides is 3. The molecule has 194 valence electrons. The maximum Gasteiger partial charge on any atom is 0.435 e. The highest BCUT2D eigenvalue weighted by atomic mass is 35.5. The molecule has 2 aromatic carbocycles. The lowest BCUT2D eigenvalue weighted by Gasteiger charge is -2.31. The average molecular weight is 552 g/mol. The van der Waals surface area contributed by atoms with Crippen LogP contribution < -0.4 is 10.2 Å². The molecule has 3 aromatic rings. The number of rotatable bonds is 4. The number of carbonyl (C=O) groups excluding carboxylic acids is 1. The summed E-state index contributed by atoms with van der Waals surface area (Å²) in [6.45, 7) is 4.47. The number of amides is 1. The Morgan fingerprint density at radius 3 is 2.41 bits per heavy atom. The Balaban J connectivity index is 1.48. The molecule has 2 unspecified atom stereocenters. The quantitative estimate of drug-likeness (QED) is 0.432. The fourth-order valence-electron chi connectivity index (χ4n) is 4.59. The van der Waals surface area contributed by atoms with E-state index >= 15 is 0 Å². The SMILES string of the molecule is CC1=Nc2cc(C(F)(F)F)nn2C(c2ccc(Cl)c(Cl)c2)C1C(=O)Nc1ccc(N2CCOCC2)cc1. The largest absolute Gasteiger partial charge is 0.435 e. The van der Waals surface area contributed by atoms with Crippen molar-refractivity contribution in [1.29, 1.82) is 0 Å². The van der Waals surface area contributed by atoms with E-state index in [-0.39, 0.29) is 15.9 Å². The van der Waals surface area contributed by atoms with Gasteiger partial charge in [-0.15, -0.1) is 0 Å². The molecule has 2 atom stereocenters. The van der Waals surface area contributed by atoms with Gasteiger partial charge in [-0.25, -0.2) is 9.67 Å². The van der Waals surface area contributed by atoms with Crippen LogP contribution in [0.5, 0.6) is 0 Å². The number of aliphatic imine (C=N–C) groups is 1. The van der Waals surface area contributed by atoms with E-state index in [4.69, 9.17) is 27.9 Å². The van der Waals surface area contributed by atoms with E-state index in [0.717, 1.165) is 29.5 Å². The summed E-state index contributed by atoms with van der Waals surface area (Å²) < 4.78 is 46.9. The van der Waals surface area contributed by atoms with E-state index in [1.165, 1.54) is 12.1 Å². The molecular weight excluding hydrogens is 530 g/mol. The Hall–Kier alpha value is -3.08. The minimum atomic E-state index is -4.67. The molecule has 0 aliphatic carbocycles. The smallest absolute Gasteiger partial charge is 0.378 e. The summed E-state index contributed by atoms with van der Waals surface area (Å²) in [6.07, 6.45) is -4.67. The molecule has 0 saturated carbocycles. The van der Waals surface area contributed by atoms with Gasteiger partial charge in [-0.2, -0.15) is 18.3 Å². The molecule has 5 rings (SSSR count). The molecular formula is C25H22Cl2F3N5O2. The summed E-state index contributed by atoms with van der Waals surface area (Å²) in [7, 11) is 0. The molecule has 12 heteroatoms. The summed E-state index contributed by atoms with van der Waals surface area (Å²) in [5.74, 6) is -1.39. The fraction of sp³-hybridized carbons (Fsp3) is 0.320. The second kappa shape index (κ2) is 10.00. The zero-order chi connectivity index (χ0) is 26.3. The number of fused-ring (bicyclic) bond motifs is 1. The molecule has 7 nitrogen and oxygen atoms in total. The zero-order valence-corrected chi connectivity index (χ0v) is 21.1. The molecule has 0 radical (unpaired) electrons. The second-order valence-corrected chi connectivity index (χ2v) is 9.63. The molecule has 1 saturated heterocycles. The number of morpholine rings is 1. The highest BCUT2D eigenvalue weighted by molar-refractivity contribution is 6.42. The van der Waals surface area contributed by atoms with Crippen molar-refractivity contribution in [3.63, 3.8) is 0 Å². The maximum atomic E-state index is 13.6. The van der Waals surface area contributed by atoms with Gasteiger partial charge in [-0.05, 0) is 48.9 Å². The maximum absolute atomic E-state index is 13.6. The van der Waals surface area contributed by atoms with Crippen molar-refractivity contribution in [3.05, 3.63) is 69.8 Å². The van der Waals surface area contributed by atoms with Crippen LogP contribution in [0.3, 0.4) is 0 Å². The van der Waals surface area contributed by atoms with Gasteiger partial charge in [0, 0.05) is 36.2 Å². The van der Waals surface area contributed by atoms with Crippen molar-refractivity contribution in [2.45, 2.75) is 19.1 Å². The van der Waals surface area contributed by atoms with Gasteiger partial charge in [0.2, 0.25) is 5.91 Å². The third-order valence-corrected chi connectivity index (χ3v) is 7.14. The Morgan fingerprint density at radius 1 is 1.05 bits per heavy atom. The molecule has 1 aromatic heterocycles. The molecule has 3 heterocycles. The molecule has 0 spiro atoms. The van der Waals surface area contributed by atoms with E-state index in [2.05, 4.69) is 20.3 Å². The number of anilines is 2. The number of hydrogen-bond donors (Lipinski definition) is 1. The molecule has 2 aliphatic rings. The fourth-order valence-corrected chi connectivity index (χ4v) is 4.90. The summed E-state index contributed by atoms with van der Waals surface area (Å²) >= 11 is 12.3. The Labute approximate surface area is 220 Å². The van der Waals surface area contributed by atoms with Crippen molar-refractivity contribution >= 4 is 52.0 Å². The Bertz CT molecular complexity index is 1350. The Kier molecular flexibility index (Phi) is 6.91. The average Bonchev–Trinajstić information content (AvgIpc) is 3.30. The Morgan fingerprint density at radius 2 is 1.76 bits per heavy atom. The van der Waals surface area contributed by atoms with Crippen LogP contribution in [0.15, 0.2) is 53.5 Å². The minimum absolute atomic E-state index is 0.000175. The third kappa shape index (κ3) is 5.18. The standard InChI is InChI=1S/C25H22Cl2F3N5O2/c1-14-22(24(36)32-16-3-5-17(6-4-16)34-8-10-37-11-9-34)23(15-2-7-18(26)19(27)12-15)35-21(31-14)13-20(33-35)25(28,29)30/h2-7,12-13,22-23H,8-11H2,1H3,(H,32,36). The van der Waals surface area contributed by atoms with E-state index in [9.17, 15) is 18.0 Å². The van der Waals surface area contributed by atoms with Crippen LogP contribution in [0.2, 0.25) is 10.0 Å². The first-order valence-corrected chi connectivity index (χ1v) is 12.3. The van der Waals surface area contributed by atoms with Gasteiger partial charge >= 0.3 is 6.18 Å². The van der Waals surface area contributed by atoms with Gasteiger partial charge in [0.25, 0.3) is 0 Å². The van der Waals surface area contributed by atoms with Gasteiger partial charge in [-0.1, -0.05) is 29.3 Å². The van der Waals surface area contributed by atoms with Crippen LogP contribution in [-0.4, -0.2) is 47.7 Å². The van der Waals surface area contributed by atoms with E-state index in [1.807, 2.05) is 12.1 Å². The number of benzene rings is 2. The monoisotopic (exact) mass is 551 g/mol. The van der Waals surface area contributed by atoms with Gasteiger partial charge in [0.1, 0.15) is 5.92 Å². The van der Waals surface area contributed by atoms with Gasteiger partial charge in [0.05, 0.1) is 29.3 Å². The van der Waals surface area contributed by atoms with Gasteiger partial charge < -0.3 is 15.0 Å². The van der Waals surface area contributed by atoms with Crippen molar-refractivity contribution in [3.8, 4) is 0 Å². The van der Waals surface area contributed by atoms with Crippen molar-refractivity contribution < 1.29 is 22.7 Å². The van der Waals surface area contributed by atoms with Crippen LogP contribution >= 0.6 is 23.2 Å². The molecule has 1 N–H and O–H groups in total. The summed E-state index contributed by atoms with van der Waals surface area (Å²) in [4.78, 5) is 20.1. The van der Waals surface area contributed by atoms with Gasteiger partial charge in [-0.3, -0.25) is 4.79 Å². The molecule has 0 bridgehead atoms. The topological polar surface area (TPSA) is 71.8 Å². The van der Waals surface area contributed by atoms with Crippen LogP contribution in [0.25, 0.3) is 0 Å². The lowest BCUT2D eigenvalue weighted by atomic mass is 9.87. The first-order chi connectivity index (χ1) is 17.6. The normalized spacial score (nSPS) is 19.8. The van der Waals surface area contributed by atoms with Crippen LogP contribution in [0.4, 0.5) is 30.4 Å². The van der Waals surface area contributed by atoms with Crippen molar-refractivity contribution in [2.75, 3.05) is 36.5 Å². The number of aromatic nitrogens is 2. The summed E-state index contributed by atoms with van der Waals surface area (Å²) in [5.41, 5.74) is 1.28. The van der Waals surface area contributed by atoms with Crippen LogP contribution in [-0.2, 0) is 15.7 Å². The summed E-state index contributed by atoms with van der Waals surface area (Å²) in [5, 5.41) is 7.15. The number of hydrogen-bond acceptors (Lipinski definition) is 5. The zero-order valence-electron chi connectivity index (χ0n) is 19.6. The lowest BCUT2D eigenvalue weighted by molar-refractivity contribution is -0.141. The first kappa shape index (κ1) is 25.6. The number of nitrogens with one attached hydrogen (secondary N) is 1. The number of carbonyl (C=O) groups is 1. The molecule has 1 fully saturated rings. The lowest BCUT2D eigenvalue weighted by Crippen LogP contribution is -2.39. The van der Waals surface area contributed by atoms with Crippen molar-refractivity contribution in [1.82, 2.24) is 9.78 Å². The molecule has 2 aliphatic heterocycles. The van der Waals surface area contributed by atoms with Crippen LogP contribution in [0.1, 0.15) is 24.2 Å². The predicted molar refractivity (Wildman–Crippen MR) is 136 cm³/mol. The van der Waals surface area contributed by atoms with E-state index in [0.29, 0.717) is 30.2 Å². The van der Waals surface area contributed by atoms with Crippen LogP contribution in [0, 0.1) is 5.92 Å². The number of halogens is 5. The van der Waals surface area contributed by atoms with Crippen molar-refractivity contribution in [2.24, 2.45) is 10.9 Å². The molecule has 37 heavy (non-hydrogen) atoms. The van der Waals surface area contributed by atoms with Gasteiger partial charge in [0.15, 0.2) is 11.5 Å². The highest BCUT2D eigenvalue weighted by Gasteiger charge is 2.42. The van der Waals surface area contributed by atoms with E-state index < -0.39 is 29.7 Å². The molecule has 1 amide bonds. The second-order valence-electron chi connectivity index (χ2n) is 8.81.